The van der Waals surface area contributed by atoms with Gasteiger partial charge in [-0.15, -0.1) is 11.8 Å². The van der Waals surface area contributed by atoms with Crippen LogP contribution < -0.4 is 0 Å². The number of carbonyl (C=O) groups is 2. The summed E-state index contributed by atoms with van der Waals surface area (Å²) in [6.07, 6.45) is 1.69. The second-order valence-corrected chi connectivity index (χ2v) is 5.37. The summed E-state index contributed by atoms with van der Waals surface area (Å²) in [6, 6.07) is 2.36. The lowest BCUT2D eigenvalue weighted by Gasteiger charge is -2.20. The first kappa shape index (κ1) is 14.7. The largest absolute Gasteiger partial charge is 0.299 e. The smallest absolute Gasteiger partial charge is 0.290 e. The first-order valence-corrected chi connectivity index (χ1v) is 7.12. The van der Waals surface area contributed by atoms with Gasteiger partial charge in [0.25, 0.3) is 5.69 Å². The van der Waals surface area contributed by atoms with Crippen molar-refractivity contribution in [3.05, 3.63) is 32.8 Å². The quantitative estimate of drug-likeness (QED) is 0.475. The number of fused-ring (bicyclic) bond motifs is 1. The molecule has 20 heavy (non-hydrogen) atoms. The molecule has 0 saturated carbocycles. The Balaban J connectivity index is 2.67. The topological polar surface area (TPSA) is 89.6 Å². The Morgan fingerprint density at radius 3 is 2.65 bits per heavy atom. The molecule has 104 valence electrons. The lowest BCUT2D eigenvalue weighted by atomic mass is 9.91. The van der Waals surface area contributed by atoms with E-state index in [1.807, 2.05) is 0 Å². The Labute approximate surface area is 123 Å². The third-order valence-corrected chi connectivity index (χ3v) is 3.93. The summed E-state index contributed by atoms with van der Waals surface area (Å²) in [5.41, 5.74) is -0.00440. The molecule has 0 aromatic heterocycles. The van der Waals surface area contributed by atoms with Crippen molar-refractivity contribution < 1.29 is 14.5 Å². The maximum Gasteiger partial charge on any atom is 0.290 e. The number of nitro groups is 1. The normalized spacial score (nSPS) is 17.4. The summed E-state index contributed by atoms with van der Waals surface area (Å²) in [5.74, 6) is -1.69. The molecule has 1 unspecified atom stereocenters. The van der Waals surface area contributed by atoms with E-state index < -0.39 is 16.6 Å². The number of carbonyl (C=O) groups excluding carboxylic acids is 2. The molecule has 0 fully saturated rings. The standard InChI is InChI=1S/C12H9ClN2O4S/c1-5(16)10-11(17)6-3-7(13)9(15(18)19)4-8(6)14-12(10)20-2/h3-4,10H,1-2H3. The maximum atomic E-state index is 12.3. The summed E-state index contributed by atoms with van der Waals surface area (Å²) in [7, 11) is 0. The number of thioether (sulfide) groups is 1. The van der Waals surface area contributed by atoms with Gasteiger partial charge in [0, 0.05) is 11.6 Å². The minimum absolute atomic E-state index is 0.138. The lowest BCUT2D eigenvalue weighted by molar-refractivity contribution is -0.384. The molecule has 6 nitrogen and oxygen atoms in total. The molecule has 0 saturated heterocycles. The average molecular weight is 313 g/mol. The van der Waals surface area contributed by atoms with E-state index in [9.17, 15) is 19.7 Å². The van der Waals surface area contributed by atoms with Gasteiger partial charge >= 0.3 is 0 Å². The van der Waals surface area contributed by atoms with Gasteiger partial charge in [-0.2, -0.15) is 0 Å². The number of benzene rings is 1. The molecule has 2 rings (SSSR count). The summed E-state index contributed by atoms with van der Waals surface area (Å²) in [4.78, 5) is 38.3. The molecule has 1 heterocycles. The number of ketones is 2. The minimum atomic E-state index is -0.949. The predicted molar refractivity (Wildman–Crippen MR) is 77.2 cm³/mol. The zero-order chi connectivity index (χ0) is 15.0. The SMILES string of the molecule is CSC1=Nc2cc([N+](=O)[O-])c(Cl)cc2C(=O)C1C(C)=O. The van der Waals surface area contributed by atoms with E-state index >= 15 is 0 Å². The number of hydrogen-bond donors (Lipinski definition) is 0. The van der Waals surface area contributed by atoms with E-state index in [2.05, 4.69) is 4.99 Å². The average Bonchev–Trinajstić information content (AvgIpc) is 2.37. The second-order valence-electron chi connectivity index (χ2n) is 4.14. The highest BCUT2D eigenvalue weighted by molar-refractivity contribution is 8.13. The number of Topliss-reactive ketones (excluding diaryl/α,β-unsaturated/α-hetero) is 2. The molecule has 0 bridgehead atoms. The number of rotatable bonds is 2. The van der Waals surface area contributed by atoms with Crippen molar-refractivity contribution in [3.8, 4) is 0 Å². The third kappa shape index (κ3) is 2.34. The predicted octanol–water partition coefficient (Wildman–Crippen LogP) is 3.04. The van der Waals surface area contributed by atoms with E-state index in [1.54, 1.807) is 6.26 Å². The Morgan fingerprint density at radius 2 is 2.15 bits per heavy atom. The molecular formula is C12H9ClN2O4S. The Morgan fingerprint density at radius 1 is 1.50 bits per heavy atom. The van der Waals surface area contributed by atoms with Crippen LogP contribution in [0.1, 0.15) is 17.3 Å². The van der Waals surface area contributed by atoms with Gasteiger partial charge in [-0.25, -0.2) is 4.99 Å². The molecule has 0 radical (unpaired) electrons. The van der Waals surface area contributed by atoms with Gasteiger partial charge in [-0.1, -0.05) is 11.6 Å². The van der Waals surface area contributed by atoms with Crippen LogP contribution in [0.4, 0.5) is 11.4 Å². The maximum absolute atomic E-state index is 12.3. The van der Waals surface area contributed by atoms with Gasteiger partial charge in [0.15, 0.2) is 5.78 Å². The van der Waals surface area contributed by atoms with Crippen molar-refractivity contribution in [2.75, 3.05) is 6.26 Å². The van der Waals surface area contributed by atoms with Crippen LogP contribution in [0.25, 0.3) is 0 Å². The van der Waals surface area contributed by atoms with Crippen LogP contribution in [0.3, 0.4) is 0 Å². The molecule has 1 atom stereocenters. The van der Waals surface area contributed by atoms with E-state index in [4.69, 9.17) is 11.6 Å². The number of nitro benzene ring substituents is 1. The number of hydrogen-bond acceptors (Lipinski definition) is 6. The molecule has 0 spiro atoms. The number of aliphatic imine (C=N–C) groups is 1. The van der Waals surface area contributed by atoms with Crippen molar-refractivity contribution >= 4 is 51.3 Å². The van der Waals surface area contributed by atoms with Gasteiger partial charge in [-0.3, -0.25) is 19.7 Å². The van der Waals surface area contributed by atoms with Crippen LogP contribution in [-0.4, -0.2) is 27.8 Å². The Hall–Kier alpha value is -1.73. The van der Waals surface area contributed by atoms with Crippen molar-refractivity contribution in [1.29, 1.82) is 0 Å². The number of nitrogens with zero attached hydrogens (tertiary/aromatic N) is 2. The van der Waals surface area contributed by atoms with Crippen LogP contribution in [0, 0.1) is 16.0 Å². The summed E-state index contributed by atoms with van der Waals surface area (Å²) < 4.78 is 0. The van der Waals surface area contributed by atoms with Gasteiger partial charge < -0.3 is 0 Å². The molecular weight excluding hydrogens is 304 g/mol. The van der Waals surface area contributed by atoms with Gasteiger partial charge in [0.2, 0.25) is 0 Å². The van der Waals surface area contributed by atoms with Crippen molar-refractivity contribution in [2.45, 2.75) is 6.92 Å². The van der Waals surface area contributed by atoms with Crippen molar-refractivity contribution in [1.82, 2.24) is 0 Å². The van der Waals surface area contributed by atoms with Crippen molar-refractivity contribution in [2.24, 2.45) is 10.9 Å². The molecule has 0 aliphatic carbocycles. The number of halogens is 1. The van der Waals surface area contributed by atoms with E-state index in [0.717, 1.165) is 6.07 Å². The Bertz CT molecular complexity index is 672. The van der Waals surface area contributed by atoms with Crippen LogP contribution in [0.2, 0.25) is 5.02 Å². The molecule has 8 heteroatoms. The van der Waals surface area contributed by atoms with Gasteiger partial charge in [0.05, 0.1) is 15.7 Å². The third-order valence-electron chi connectivity index (χ3n) is 2.88. The van der Waals surface area contributed by atoms with Crippen LogP contribution in [-0.2, 0) is 4.79 Å². The molecule has 1 aromatic rings. The molecule has 1 aliphatic rings. The van der Waals surface area contributed by atoms with E-state index in [0.29, 0.717) is 5.04 Å². The van der Waals surface area contributed by atoms with E-state index in [-0.39, 0.29) is 27.7 Å². The fourth-order valence-corrected chi connectivity index (χ4v) is 2.88. The van der Waals surface area contributed by atoms with Crippen LogP contribution >= 0.6 is 23.4 Å². The highest BCUT2D eigenvalue weighted by Crippen LogP contribution is 2.38. The fourth-order valence-electron chi connectivity index (χ4n) is 1.95. The zero-order valence-electron chi connectivity index (χ0n) is 10.5. The second kappa shape index (κ2) is 5.34. The molecule has 1 aliphatic heterocycles. The molecule has 1 aromatic carbocycles. The summed E-state index contributed by atoms with van der Waals surface area (Å²) in [6.45, 7) is 1.31. The molecule has 0 amide bonds. The minimum Gasteiger partial charge on any atom is -0.299 e. The fraction of sp³-hybridized carbons (Fsp3) is 0.250. The lowest BCUT2D eigenvalue weighted by Crippen LogP contribution is -2.31. The van der Waals surface area contributed by atoms with Crippen LogP contribution in [0.15, 0.2) is 17.1 Å². The van der Waals surface area contributed by atoms with Gasteiger partial charge in [0.1, 0.15) is 16.7 Å². The molecule has 0 N–H and O–H groups in total. The van der Waals surface area contributed by atoms with Crippen molar-refractivity contribution in [3.63, 3.8) is 0 Å². The highest BCUT2D eigenvalue weighted by Gasteiger charge is 2.36. The van der Waals surface area contributed by atoms with Crippen LogP contribution in [0.5, 0.6) is 0 Å². The zero-order valence-corrected chi connectivity index (χ0v) is 12.1. The first-order valence-electron chi connectivity index (χ1n) is 5.52. The monoisotopic (exact) mass is 312 g/mol. The Kier molecular flexibility index (Phi) is 3.92. The summed E-state index contributed by atoms with van der Waals surface area (Å²) >= 11 is 6.96. The van der Waals surface area contributed by atoms with E-state index in [1.165, 1.54) is 24.8 Å². The first-order chi connectivity index (χ1) is 9.36. The van der Waals surface area contributed by atoms with Gasteiger partial charge in [-0.05, 0) is 19.2 Å². The summed E-state index contributed by atoms with van der Waals surface area (Å²) in [5, 5.41) is 11.0. The highest BCUT2D eigenvalue weighted by atomic mass is 35.5.